The Balaban J connectivity index is 1.24. The number of rotatable bonds is 15. The fourth-order valence-electron chi connectivity index (χ4n) is 10.5. The number of nitrogens with two attached hydrogens (primary N) is 1. The van der Waals surface area contributed by atoms with Crippen molar-refractivity contribution in [2.45, 2.75) is 130 Å². The number of hydrogen-bond donors (Lipinski definition) is 3. The molecule has 7 heteroatoms. The van der Waals surface area contributed by atoms with Gasteiger partial charge in [-0.2, -0.15) is 0 Å². The molecule has 248 valence electrons. The molecule has 7 nitrogen and oxygen atoms in total. The molecule has 4 aliphatic rings. The number of nitrogens with zero attached hydrogens (tertiary/aromatic N) is 1. The van der Waals surface area contributed by atoms with Gasteiger partial charge in [0.05, 0.1) is 7.11 Å². The van der Waals surface area contributed by atoms with Gasteiger partial charge in [-0.25, -0.2) is 4.79 Å². The minimum Gasteiger partial charge on any atom is -0.467 e. The lowest BCUT2D eigenvalue weighted by Crippen LogP contribution is -2.55. The SMILES string of the molecule is COC(=O)C(NC(=O)CCCC1CCC2C3CCC4CC(NCCCN(C)CCCN)CCC4(C)C3CCC12C)C(C)C. The van der Waals surface area contributed by atoms with Gasteiger partial charge in [0, 0.05) is 12.5 Å². The van der Waals surface area contributed by atoms with Crippen molar-refractivity contribution < 1.29 is 14.3 Å². The summed E-state index contributed by atoms with van der Waals surface area (Å²) in [5, 5.41) is 6.88. The first-order chi connectivity index (χ1) is 20.5. The van der Waals surface area contributed by atoms with E-state index in [2.05, 4.69) is 36.4 Å². The van der Waals surface area contributed by atoms with E-state index in [9.17, 15) is 9.59 Å². The van der Waals surface area contributed by atoms with Crippen LogP contribution < -0.4 is 16.4 Å². The van der Waals surface area contributed by atoms with Crippen molar-refractivity contribution in [3.8, 4) is 0 Å². The van der Waals surface area contributed by atoms with E-state index in [1.807, 2.05) is 13.8 Å². The van der Waals surface area contributed by atoms with E-state index in [1.165, 1.54) is 71.3 Å². The average molecular weight is 603 g/mol. The molecule has 0 aromatic heterocycles. The fraction of sp³-hybridized carbons (Fsp3) is 0.944. The molecule has 0 radical (unpaired) electrons. The number of fused-ring (bicyclic) bond motifs is 5. The fourth-order valence-corrected chi connectivity index (χ4v) is 10.5. The molecular formula is C36H66N4O3. The maximum absolute atomic E-state index is 12.7. The van der Waals surface area contributed by atoms with Gasteiger partial charge in [0.1, 0.15) is 6.04 Å². The van der Waals surface area contributed by atoms with E-state index in [1.54, 1.807) is 0 Å². The lowest BCUT2D eigenvalue weighted by Gasteiger charge is -2.61. The van der Waals surface area contributed by atoms with Crippen molar-refractivity contribution in [2.75, 3.05) is 40.3 Å². The first kappa shape index (κ1) is 34.7. The molecule has 9 unspecified atom stereocenters. The number of amides is 1. The average Bonchev–Trinajstić information content (AvgIpc) is 3.32. The van der Waals surface area contributed by atoms with Gasteiger partial charge < -0.3 is 26.0 Å². The van der Waals surface area contributed by atoms with Crippen LogP contribution in [0.1, 0.15) is 118 Å². The van der Waals surface area contributed by atoms with Crippen molar-refractivity contribution in [1.29, 1.82) is 0 Å². The smallest absolute Gasteiger partial charge is 0.328 e. The van der Waals surface area contributed by atoms with Crippen molar-refractivity contribution in [3.05, 3.63) is 0 Å². The minimum atomic E-state index is -0.554. The largest absolute Gasteiger partial charge is 0.467 e. The molecule has 4 rings (SSSR count). The van der Waals surface area contributed by atoms with Crippen LogP contribution >= 0.6 is 0 Å². The predicted molar refractivity (Wildman–Crippen MR) is 175 cm³/mol. The van der Waals surface area contributed by atoms with Crippen LogP contribution in [0.15, 0.2) is 0 Å². The maximum atomic E-state index is 12.7. The van der Waals surface area contributed by atoms with Crippen LogP contribution in [0.5, 0.6) is 0 Å². The zero-order valence-corrected chi connectivity index (χ0v) is 28.6. The predicted octanol–water partition coefficient (Wildman–Crippen LogP) is 5.76. The van der Waals surface area contributed by atoms with Crippen LogP contribution in [-0.4, -0.2) is 69.2 Å². The van der Waals surface area contributed by atoms with Crippen LogP contribution in [0.3, 0.4) is 0 Å². The van der Waals surface area contributed by atoms with E-state index in [0.717, 1.165) is 75.0 Å². The van der Waals surface area contributed by atoms with Gasteiger partial charge >= 0.3 is 5.97 Å². The zero-order valence-electron chi connectivity index (χ0n) is 28.6. The molecule has 1 amide bonds. The van der Waals surface area contributed by atoms with Crippen molar-refractivity contribution in [1.82, 2.24) is 15.5 Å². The molecule has 4 N–H and O–H groups in total. The van der Waals surface area contributed by atoms with Crippen molar-refractivity contribution in [3.63, 3.8) is 0 Å². The molecule has 0 heterocycles. The van der Waals surface area contributed by atoms with Gasteiger partial charge in [0.2, 0.25) is 5.91 Å². The maximum Gasteiger partial charge on any atom is 0.328 e. The molecule has 0 bridgehead atoms. The molecule has 43 heavy (non-hydrogen) atoms. The molecule has 0 saturated heterocycles. The number of nitrogens with one attached hydrogen (secondary N) is 2. The Kier molecular flexibility index (Phi) is 12.4. The lowest BCUT2D eigenvalue weighted by molar-refractivity contribution is -0.146. The highest BCUT2D eigenvalue weighted by molar-refractivity contribution is 5.84. The lowest BCUT2D eigenvalue weighted by atomic mass is 9.44. The van der Waals surface area contributed by atoms with Gasteiger partial charge in [-0.05, 0) is 163 Å². The highest BCUT2D eigenvalue weighted by atomic mass is 16.5. The number of ether oxygens (including phenoxy) is 1. The van der Waals surface area contributed by atoms with E-state index in [-0.39, 0.29) is 17.8 Å². The number of hydrogen-bond acceptors (Lipinski definition) is 6. The van der Waals surface area contributed by atoms with E-state index in [0.29, 0.717) is 23.3 Å². The summed E-state index contributed by atoms with van der Waals surface area (Å²) in [4.78, 5) is 27.2. The minimum absolute atomic E-state index is 0.0151. The first-order valence-electron chi connectivity index (χ1n) is 18.0. The van der Waals surface area contributed by atoms with Gasteiger partial charge in [0.25, 0.3) is 0 Å². The van der Waals surface area contributed by atoms with Crippen molar-refractivity contribution >= 4 is 11.9 Å². The second-order valence-electron chi connectivity index (χ2n) is 15.9. The monoisotopic (exact) mass is 603 g/mol. The van der Waals surface area contributed by atoms with Gasteiger partial charge in [0.15, 0.2) is 0 Å². The topological polar surface area (TPSA) is 96.7 Å². The second-order valence-corrected chi connectivity index (χ2v) is 15.9. The third-order valence-corrected chi connectivity index (χ3v) is 13.2. The first-order valence-corrected chi connectivity index (χ1v) is 18.0. The van der Waals surface area contributed by atoms with Gasteiger partial charge in [-0.15, -0.1) is 0 Å². The second kappa shape index (κ2) is 15.4. The molecule has 0 aromatic carbocycles. The molecule has 9 atom stereocenters. The Morgan fingerprint density at radius 2 is 1.67 bits per heavy atom. The summed E-state index contributed by atoms with van der Waals surface area (Å²) in [6, 6.07) is 0.149. The Bertz CT molecular complexity index is 913. The number of methoxy groups -OCH3 is 1. The van der Waals surface area contributed by atoms with Gasteiger partial charge in [-0.3, -0.25) is 4.79 Å². The van der Waals surface area contributed by atoms with Crippen LogP contribution in [0.4, 0.5) is 0 Å². The number of carbonyl (C=O) groups is 2. The van der Waals surface area contributed by atoms with E-state index >= 15 is 0 Å². The molecule has 4 saturated carbocycles. The Morgan fingerprint density at radius 1 is 0.953 bits per heavy atom. The summed E-state index contributed by atoms with van der Waals surface area (Å²) in [6.45, 7) is 13.4. The third-order valence-electron chi connectivity index (χ3n) is 13.2. The summed E-state index contributed by atoms with van der Waals surface area (Å²) in [5.74, 6) is 3.93. The molecule has 0 aliphatic heterocycles. The number of esters is 1. The highest BCUT2D eigenvalue weighted by Crippen LogP contribution is 2.67. The summed E-state index contributed by atoms with van der Waals surface area (Å²) in [7, 11) is 3.61. The van der Waals surface area contributed by atoms with Crippen LogP contribution in [0.2, 0.25) is 0 Å². The zero-order chi connectivity index (χ0) is 31.2. The Morgan fingerprint density at radius 3 is 2.40 bits per heavy atom. The molecule has 4 aliphatic carbocycles. The van der Waals surface area contributed by atoms with Crippen LogP contribution in [-0.2, 0) is 14.3 Å². The Hall–Kier alpha value is -1.18. The number of carbonyl (C=O) groups excluding carboxylic acids is 2. The summed E-state index contributed by atoms with van der Waals surface area (Å²) in [6.07, 6.45) is 17.3. The highest BCUT2D eigenvalue weighted by Gasteiger charge is 2.59. The summed E-state index contributed by atoms with van der Waals surface area (Å²) < 4.78 is 4.90. The van der Waals surface area contributed by atoms with Crippen LogP contribution in [0.25, 0.3) is 0 Å². The normalized spacial score (nSPS) is 36.1. The quantitative estimate of drug-likeness (QED) is 0.163. The molecule has 0 aromatic rings. The third kappa shape index (κ3) is 7.98. The van der Waals surface area contributed by atoms with Gasteiger partial charge in [-0.1, -0.05) is 27.7 Å². The van der Waals surface area contributed by atoms with E-state index in [4.69, 9.17) is 10.5 Å². The van der Waals surface area contributed by atoms with Crippen molar-refractivity contribution in [2.24, 2.45) is 52.1 Å². The summed E-state index contributed by atoms with van der Waals surface area (Å²) >= 11 is 0. The molecule has 4 fully saturated rings. The standard InChI is InChI=1S/C36H66N4O3/c1-25(2)33(34(42)43-6)39-32(41)11-7-10-26-13-15-30-29-14-12-27-24-28(38-21-9-23-40(5)22-8-20-37)16-18-36(27,4)31(29)17-19-35(26,30)3/h25-31,33,38H,7-24,37H2,1-6H3,(H,39,41). The van der Waals surface area contributed by atoms with Crippen LogP contribution in [0, 0.1) is 46.3 Å². The van der Waals surface area contributed by atoms with E-state index < -0.39 is 6.04 Å². The molecule has 0 spiro atoms. The Labute approximate surface area is 263 Å². The molecular weight excluding hydrogens is 536 g/mol. The summed E-state index contributed by atoms with van der Waals surface area (Å²) in [5.41, 5.74) is 6.62.